The molecule has 1 amide bonds. The first-order chi connectivity index (χ1) is 15.2. The first-order valence-corrected chi connectivity index (χ1v) is 12.4. The van der Waals surface area contributed by atoms with E-state index in [1.54, 1.807) is 36.1 Å². The third-order valence-corrected chi connectivity index (χ3v) is 6.33. The van der Waals surface area contributed by atoms with Crippen molar-refractivity contribution in [1.29, 1.82) is 0 Å². The molecule has 0 saturated carbocycles. The number of carbonyl (C=O) groups excluding carboxylic acids is 1. The topological polar surface area (TPSA) is 76.7 Å². The zero-order valence-corrected chi connectivity index (χ0v) is 20.5. The number of rotatable bonds is 10. The van der Waals surface area contributed by atoms with E-state index in [0.717, 1.165) is 18.5 Å². The third-order valence-electron chi connectivity index (χ3n) is 5.03. The van der Waals surface area contributed by atoms with Crippen LogP contribution in [-0.2, 0) is 20.9 Å². The lowest BCUT2D eigenvalue weighted by Crippen LogP contribution is -2.51. The molecule has 0 aliphatic carbocycles. The van der Waals surface area contributed by atoms with Gasteiger partial charge in [0.05, 0.1) is 12.6 Å². The maximum absolute atomic E-state index is 14.6. The average molecular weight is 466 g/mol. The van der Waals surface area contributed by atoms with Crippen LogP contribution in [-0.4, -0.2) is 47.3 Å². The number of allylic oxidation sites excluding steroid dienone is 1. The number of morpholine rings is 1. The van der Waals surface area contributed by atoms with E-state index in [4.69, 9.17) is 4.74 Å². The highest BCUT2D eigenvalue weighted by atomic mass is 32.2. The molecule has 8 heteroatoms. The van der Waals surface area contributed by atoms with Crippen LogP contribution in [0.25, 0.3) is 0 Å². The van der Waals surface area contributed by atoms with E-state index in [2.05, 4.69) is 10.0 Å². The van der Waals surface area contributed by atoms with Gasteiger partial charge in [0.1, 0.15) is 11.4 Å². The summed E-state index contributed by atoms with van der Waals surface area (Å²) in [4.78, 5) is 14.5. The van der Waals surface area contributed by atoms with Gasteiger partial charge < -0.3 is 19.5 Å². The smallest absolute Gasteiger partial charge is 0.255 e. The fourth-order valence-corrected chi connectivity index (χ4v) is 3.91. The lowest BCUT2D eigenvalue weighted by Gasteiger charge is -2.39. The van der Waals surface area contributed by atoms with Crippen LogP contribution < -0.4 is 14.9 Å². The van der Waals surface area contributed by atoms with E-state index in [9.17, 15) is 13.7 Å². The van der Waals surface area contributed by atoms with E-state index in [0.29, 0.717) is 24.4 Å². The number of amides is 1. The largest absolute Gasteiger partial charge is 0.598 e. The molecule has 32 heavy (non-hydrogen) atoms. The van der Waals surface area contributed by atoms with Gasteiger partial charge in [-0.2, -0.15) is 0 Å². The Kier molecular flexibility index (Phi) is 10.7. The quantitative estimate of drug-likeness (QED) is 0.231. The Bertz CT molecular complexity index is 785. The van der Waals surface area contributed by atoms with Crippen LogP contribution in [0.1, 0.15) is 47.5 Å². The molecule has 4 unspecified atom stereocenters. The summed E-state index contributed by atoms with van der Waals surface area (Å²) in [5.41, 5.74) is 1.94. The van der Waals surface area contributed by atoms with Gasteiger partial charge in [0, 0.05) is 34.9 Å². The molecule has 4 atom stereocenters. The molecule has 2 N–H and O–H groups in total. The summed E-state index contributed by atoms with van der Waals surface area (Å²) < 4.78 is 34.8. The number of benzene rings is 1. The van der Waals surface area contributed by atoms with Gasteiger partial charge >= 0.3 is 0 Å². The summed E-state index contributed by atoms with van der Waals surface area (Å²) in [6, 6.07) is 7.17. The highest BCUT2D eigenvalue weighted by Gasteiger charge is 2.32. The molecule has 1 aliphatic rings. The van der Waals surface area contributed by atoms with Crippen molar-refractivity contribution in [3.05, 3.63) is 48.1 Å². The predicted octanol–water partition coefficient (Wildman–Crippen LogP) is 4.48. The Balaban J connectivity index is 2.01. The summed E-state index contributed by atoms with van der Waals surface area (Å²) in [5, 5.41) is 2.93. The lowest BCUT2D eigenvalue weighted by molar-refractivity contribution is -0.112. The number of carbonyl (C=O) groups is 1. The summed E-state index contributed by atoms with van der Waals surface area (Å²) >= 11 is -1.11. The molecule has 1 aliphatic heterocycles. The first-order valence-electron chi connectivity index (χ1n) is 11.2. The Hall–Kier alpha value is -1.87. The van der Waals surface area contributed by atoms with Crippen LogP contribution in [0.2, 0.25) is 0 Å². The zero-order chi connectivity index (χ0) is 23.7. The number of nitrogens with one attached hydrogen (secondary N) is 2. The number of ether oxygens (including phenoxy) is 1. The SMILES string of the molecule is CCC/C=C(\C=C/CN[S+]([O-])C(C)C)C(=O)Nc1ccc(N2CC(C)OC(C)C2F)cc1. The van der Waals surface area contributed by atoms with Gasteiger partial charge in [-0.3, -0.25) is 4.79 Å². The molecule has 178 valence electrons. The van der Waals surface area contributed by atoms with E-state index in [1.165, 1.54) is 0 Å². The molecule has 2 rings (SSSR count). The number of alkyl halides is 1. The Labute approximate surface area is 194 Å². The molecule has 0 spiro atoms. The van der Waals surface area contributed by atoms with Gasteiger partial charge in [0.2, 0.25) is 0 Å². The normalized spacial score (nSPS) is 23.1. The van der Waals surface area contributed by atoms with Crippen molar-refractivity contribution in [1.82, 2.24) is 4.72 Å². The number of hydrogen-bond acceptors (Lipinski definition) is 5. The van der Waals surface area contributed by atoms with Gasteiger partial charge in [-0.15, -0.1) is 4.72 Å². The van der Waals surface area contributed by atoms with Crippen molar-refractivity contribution in [2.45, 2.75) is 71.2 Å². The molecule has 1 aromatic rings. The van der Waals surface area contributed by atoms with Gasteiger partial charge in [-0.05, 0) is 58.4 Å². The van der Waals surface area contributed by atoms with Crippen LogP contribution >= 0.6 is 0 Å². The minimum absolute atomic E-state index is 0.0290. The molecule has 0 bridgehead atoms. The minimum atomic E-state index is -1.21. The van der Waals surface area contributed by atoms with Crippen LogP contribution in [0.3, 0.4) is 0 Å². The van der Waals surface area contributed by atoms with Gasteiger partial charge in [-0.1, -0.05) is 31.6 Å². The molecule has 1 aromatic carbocycles. The summed E-state index contributed by atoms with van der Waals surface area (Å²) in [6.45, 7) is 10.4. The van der Waals surface area contributed by atoms with Gasteiger partial charge in [-0.25, -0.2) is 4.39 Å². The van der Waals surface area contributed by atoms with Gasteiger partial charge in [0.25, 0.3) is 5.91 Å². The highest BCUT2D eigenvalue weighted by Crippen LogP contribution is 2.27. The Morgan fingerprint density at radius 3 is 2.66 bits per heavy atom. The van der Waals surface area contributed by atoms with Crippen molar-refractivity contribution in [3.8, 4) is 0 Å². The standard InChI is InChI=1S/C24H36FN3O3S/c1-6-7-9-20(10-8-15-26-32(30)17(2)3)24(29)27-21-11-13-22(14-12-21)28-16-18(4)31-19(5)23(28)25/h8-14,17-19,23,26H,6-7,15-16H2,1-5H3,(H,27,29)/b10-8-,20-9+. The second kappa shape index (κ2) is 13.0. The van der Waals surface area contributed by atoms with Crippen molar-refractivity contribution in [2.24, 2.45) is 0 Å². The predicted molar refractivity (Wildman–Crippen MR) is 131 cm³/mol. The van der Waals surface area contributed by atoms with Crippen LogP contribution in [0, 0.1) is 0 Å². The van der Waals surface area contributed by atoms with Crippen LogP contribution in [0.15, 0.2) is 48.1 Å². The maximum atomic E-state index is 14.6. The number of anilines is 2. The molecule has 1 saturated heterocycles. The van der Waals surface area contributed by atoms with Crippen molar-refractivity contribution in [3.63, 3.8) is 0 Å². The second-order valence-electron chi connectivity index (χ2n) is 8.22. The average Bonchev–Trinajstić information content (AvgIpc) is 2.76. The second-order valence-corrected chi connectivity index (χ2v) is 10.0. The van der Waals surface area contributed by atoms with E-state index >= 15 is 0 Å². The number of halogens is 1. The fourth-order valence-electron chi connectivity index (χ4n) is 3.31. The fraction of sp³-hybridized carbons (Fsp3) is 0.542. The summed E-state index contributed by atoms with van der Waals surface area (Å²) in [7, 11) is 0. The van der Waals surface area contributed by atoms with E-state index < -0.39 is 23.8 Å². The van der Waals surface area contributed by atoms with E-state index in [-0.39, 0.29) is 17.3 Å². The zero-order valence-electron chi connectivity index (χ0n) is 19.6. The van der Waals surface area contributed by atoms with Crippen molar-refractivity contribution in [2.75, 3.05) is 23.3 Å². The van der Waals surface area contributed by atoms with Crippen molar-refractivity contribution >= 4 is 28.6 Å². The Morgan fingerprint density at radius 1 is 1.34 bits per heavy atom. The molecule has 0 radical (unpaired) electrons. The first kappa shape index (κ1) is 26.4. The van der Waals surface area contributed by atoms with E-state index in [1.807, 2.05) is 45.9 Å². The summed E-state index contributed by atoms with van der Waals surface area (Å²) in [5.74, 6) is -0.218. The molecular formula is C24H36FN3O3S. The maximum Gasteiger partial charge on any atom is 0.255 e. The monoisotopic (exact) mass is 465 g/mol. The molecular weight excluding hydrogens is 429 g/mol. The Morgan fingerprint density at radius 2 is 2.03 bits per heavy atom. The number of nitrogens with zero attached hydrogens (tertiary/aromatic N) is 1. The highest BCUT2D eigenvalue weighted by molar-refractivity contribution is 7.90. The lowest BCUT2D eigenvalue weighted by atomic mass is 10.1. The number of unbranched alkanes of at least 4 members (excludes halogenated alkanes) is 1. The number of hydrogen-bond donors (Lipinski definition) is 2. The van der Waals surface area contributed by atoms with Gasteiger partial charge in [0.15, 0.2) is 6.30 Å². The van der Waals surface area contributed by atoms with Crippen LogP contribution in [0.4, 0.5) is 15.8 Å². The third kappa shape index (κ3) is 7.92. The van der Waals surface area contributed by atoms with Crippen LogP contribution in [0.5, 0.6) is 0 Å². The minimum Gasteiger partial charge on any atom is -0.598 e. The molecule has 6 nitrogen and oxygen atoms in total. The summed E-state index contributed by atoms with van der Waals surface area (Å²) in [6.07, 6.45) is 5.38. The molecule has 1 fully saturated rings. The van der Waals surface area contributed by atoms with Crippen molar-refractivity contribution < 1.29 is 18.5 Å². The molecule has 0 aromatic heterocycles. The molecule has 1 heterocycles.